The SMILES string of the molecule is COC(=O)[C@H](Cc1ccc(-c2c(Cl)cc(F)cc2Cl)c2c1C(C)CCO2)NC(=O)c1c(Cl)cccc1Cl. The maximum absolute atomic E-state index is 13.8. The van der Waals surface area contributed by atoms with Crippen LogP contribution in [-0.4, -0.2) is 31.6 Å². The molecule has 1 heterocycles. The smallest absolute Gasteiger partial charge is 0.328 e. The molecule has 0 aromatic heterocycles. The molecule has 3 aromatic rings. The molecule has 1 aliphatic rings. The second-order valence-electron chi connectivity index (χ2n) is 8.65. The molecule has 1 amide bonds. The highest BCUT2D eigenvalue weighted by atomic mass is 35.5. The van der Waals surface area contributed by atoms with Crippen molar-refractivity contribution in [1.29, 1.82) is 0 Å². The first-order valence-corrected chi connectivity index (χ1v) is 12.9. The van der Waals surface area contributed by atoms with Crippen LogP contribution in [0, 0.1) is 5.82 Å². The summed E-state index contributed by atoms with van der Waals surface area (Å²) in [7, 11) is 1.24. The van der Waals surface area contributed by atoms with Gasteiger partial charge in [-0.05, 0) is 42.2 Å². The molecule has 0 saturated heterocycles. The van der Waals surface area contributed by atoms with Crippen LogP contribution in [0.3, 0.4) is 0 Å². The Morgan fingerprint density at radius 1 is 1.08 bits per heavy atom. The number of ether oxygens (including phenoxy) is 2. The van der Waals surface area contributed by atoms with Gasteiger partial charge in [-0.1, -0.05) is 71.5 Å². The maximum atomic E-state index is 13.8. The van der Waals surface area contributed by atoms with Crippen LogP contribution in [0.4, 0.5) is 4.39 Å². The third kappa shape index (κ3) is 5.68. The summed E-state index contributed by atoms with van der Waals surface area (Å²) in [4.78, 5) is 25.7. The number of carbonyl (C=O) groups excluding carboxylic acids is 2. The third-order valence-corrected chi connectivity index (χ3v) is 7.48. The van der Waals surface area contributed by atoms with Crippen molar-refractivity contribution >= 4 is 58.3 Å². The number of rotatable bonds is 6. The Morgan fingerprint density at radius 3 is 2.35 bits per heavy atom. The van der Waals surface area contributed by atoms with Gasteiger partial charge in [-0.2, -0.15) is 0 Å². The molecule has 0 saturated carbocycles. The van der Waals surface area contributed by atoms with Crippen LogP contribution >= 0.6 is 46.4 Å². The fourth-order valence-corrected chi connectivity index (χ4v) is 5.73. The van der Waals surface area contributed by atoms with Gasteiger partial charge in [0.1, 0.15) is 17.6 Å². The summed E-state index contributed by atoms with van der Waals surface area (Å²) in [5.41, 5.74) is 2.74. The molecule has 1 N–H and O–H groups in total. The molecule has 3 aromatic carbocycles. The molecule has 5 nitrogen and oxygen atoms in total. The molecule has 0 bridgehead atoms. The predicted molar refractivity (Wildman–Crippen MR) is 144 cm³/mol. The van der Waals surface area contributed by atoms with Crippen molar-refractivity contribution < 1.29 is 23.5 Å². The van der Waals surface area contributed by atoms with Crippen LogP contribution in [0.1, 0.15) is 40.7 Å². The van der Waals surface area contributed by atoms with Gasteiger partial charge in [0.05, 0.1) is 39.4 Å². The molecule has 10 heteroatoms. The number of esters is 1. The first-order chi connectivity index (χ1) is 17.6. The molecular weight excluding hydrogens is 563 g/mol. The summed E-state index contributed by atoms with van der Waals surface area (Å²) in [5, 5.41) is 3.32. The number of carbonyl (C=O) groups is 2. The van der Waals surface area contributed by atoms with E-state index in [4.69, 9.17) is 55.9 Å². The highest BCUT2D eigenvalue weighted by Crippen LogP contribution is 2.47. The van der Waals surface area contributed by atoms with E-state index in [1.54, 1.807) is 12.1 Å². The number of benzene rings is 3. The van der Waals surface area contributed by atoms with Gasteiger partial charge in [-0.3, -0.25) is 4.79 Å². The summed E-state index contributed by atoms with van der Waals surface area (Å²) >= 11 is 25.1. The molecular formula is C27H22Cl4FNO4. The second kappa shape index (κ2) is 11.5. The normalized spacial score (nSPS) is 15.4. The molecule has 2 atom stereocenters. The van der Waals surface area contributed by atoms with Crippen molar-refractivity contribution in [1.82, 2.24) is 5.32 Å². The summed E-state index contributed by atoms with van der Waals surface area (Å²) in [6.45, 7) is 2.50. The number of hydrogen-bond donors (Lipinski definition) is 1. The molecule has 4 rings (SSSR count). The van der Waals surface area contributed by atoms with Gasteiger partial charge in [-0.15, -0.1) is 0 Å². The van der Waals surface area contributed by atoms with Crippen LogP contribution in [-0.2, 0) is 16.0 Å². The number of amides is 1. The molecule has 1 unspecified atom stereocenters. The predicted octanol–water partition coefficient (Wildman–Crippen LogP) is 7.51. The Balaban J connectivity index is 1.75. The summed E-state index contributed by atoms with van der Waals surface area (Å²) < 4.78 is 24.9. The number of halogens is 5. The third-order valence-electron chi connectivity index (χ3n) is 6.26. The van der Waals surface area contributed by atoms with E-state index < -0.39 is 23.7 Å². The summed E-state index contributed by atoms with van der Waals surface area (Å²) in [6, 6.07) is 9.62. The molecule has 194 valence electrons. The van der Waals surface area contributed by atoms with Gasteiger partial charge < -0.3 is 14.8 Å². The molecule has 0 radical (unpaired) electrons. The molecule has 0 aliphatic carbocycles. The molecule has 1 aliphatic heterocycles. The Hall–Kier alpha value is -2.51. The van der Waals surface area contributed by atoms with Crippen molar-refractivity contribution in [2.24, 2.45) is 0 Å². The zero-order chi connectivity index (χ0) is 26.9. The number of methoxy groups -OCH3 is 1. The van der Waals surface area contributed by atoms with E-state index in [9.17, 15) is 14.0 Å². The van der Waals surface area contributed by atoms with Gasteiger partial charge in [0.25, 0.3) is 5.91 Å². The fraction of sp³-hybridized carbons (Fsp3) is 0.259. The lowest BCUT2D eigenvalue weighted by Gasteiger charge is -2.29. The quantitative estimate of drug-likeness (QED) is 0.305. The average Bonchev–Trinajstić information content (AvgIpc) is 2.83. The zero-order valence-corrected chi connectivity index (χ0v) is 22.9. The van der Waals surface area contributed by atoms with E-state index in [2.05, 4.69) is 5.32 Å². The largest absolute Gasteiger partial charge is 0.493 e. The van der Waals surface area contributed by atoms with E-state index in [0.717, 1.165) is 17.5 Å². The minimum absolute atomic E-state index is 0.0590. The van der Waals surface area contributed by atoms with Gasteiger partial charge in [0, 0.05) is 23.1 Å². The number of fused-ring (bicyclic) bond motifs is 1. The summed E-state index contributed by atoms with van der Waals surface area (Å²) in [5.74, 6) is -1.18. The van der Waals surface area contributed by atoms with E-state index in [-0.39, 0.29) is 38.0 Å². The number of nitrogens with one attached hydrogen (secondary N) is 1. The van der Waals surface area contributed by atoms with Crippen molar-refractivity contribution in [3.05, 3.63) is 85.1 Å². The second-order valence-corrected chi connectivity index (χ2v) is 10.3. The van der Waals surface area contributed by atoms with Crippen molar-refractivity contribution in [3.63, 3.8) is 0 Å². The van der Waals surface area contributed by atoms with E-state index in [1.807, 2.05) is 13.0 Å². The van der Waals surface area contributed by atoms with Gasteiger partial charge in [-0.25, -0.2) is 9.18 Å². The molecule has 37 heavy (non-hydrogen) atoms. The lowest BCUT2D eigenvalue weighted by molar-refractivity contribution is -0.142. The highest BCUT2D eigenvalue weighted by Gasteiger charge is 2.31. The van der Waals surface area contributed by atoms with Crippen LogP contribution < -0.4 is 10.1 Å². The topological polar surface area (TPSA) is 64.6 Å². The average molecular weight is 585 g/mol. The lowest BCUT2D eigenvalue weighted by atomic mass is 9.85. The van der Waals surface area contributed by atoms with Crippen LogP contribution in [0.2, 0.25) is 20.1 Å². The highest BCUT2D eigenvalue weighted by molar-refractivity contribution is 6.40. The minimum atomic E-state index is -1.04. The van der Waals surface area contributed by atoms with Crippen LogP contribution in [0.25, 0.3) is 11.1 Å². The van der Waals surface area contributed by atoms with Crippen LogP contribution in [0.15, 0.2) is 42.5 Å². The summed E-state index contributed by atoms with van der Waals surface area (Å²) in [6.07, 6.45) is 0.848. The standard InChI is InChI=1S/C27H22Cl4FNO4/c1-13-8-9-37-25-16(23-19(30)11-15(32)12-20(23)31)7-6-14(22(13)25)10-21(27(35)36-2)33-26(34)24-17(28)4-3-5-18(24)29/h3-7,11-13,21H,8-10H2,1-2H3,(H,33,34)/t13?,21-/m0/s1. The zero-order valence-electron chi connectivity index (χ0n) is 19.8. The van der Waals surface area contributed by atoms with Gasteiger partial charge in [0.2, 0.25) is 0 Å². The monoisotopic (exact) mass is 583 g/mol. The first-order valence-electron chi connectivity index (χ1n) is 11.4. The Bertz CT molecular complexity index is 1340. The van der Waals surface area contributed by atoms with E-state index >= 15 is 0 Å². The molecule has 0 spiro atoms. The Kier molecular flexibility index (Phi) is 8.54. The fourth-order valence-electron chi connectivity index (χ4n) is 4.49. The van der Waals surface area contributed by atoms with Gasteiger partial charge in [0.15, 0.2) is 0 Å². The van der Waals surface area contributed by atoms with Crippen molar-refractivity contribution in [3.8, 4) is 16.9 Å². The number of hydrogen-bond acceptors (Lipinski definition) is 4. The van der Waals surface area contributed by atoms with Crippen molar-refractivity contribution in [2.45, 2.75) is 31.7 Å². The van der Waals surface area contributed by atoms with E-state index in [1.165, 1.54) is 31.4 Å². The van der Waals surface area contributed by atoms with Crippen LogP contribution in [0.5, 0.6) is 5.75 Å². The lowest BCUT2D eigenvalue weighted by Crippen LogP contribution is -2.43. The Morgan fingerprint density at radius 2 is 1.73 bits per heavy atom. The van der Waals surface area contributed by atoms with E-state index in [0.29, 0.717) is 23.5 Å². The van der Waals surface area contributed by atoms with Gasteiger partial charge >= 0.3 is 5.97 Å². The minimum Gasteiger partial charge on any atom is -0.493 e. The Labute approximate surface area is 233 Å². The molecule has 0 fully saturated rings. The maximum Gasteiger partial charge on any atom is 0.328 e. The van der Waals surface area contributed by atoms with Crippen molar-refractivity contribution in [2.75, 3.05) is 13.7 Å². The first kappa shape index (κ1) is 27.5.